The molecule has 0 atom stereocenters. The van der Waals surface area contributed by atoms with Crippen LogP contribution < -0.4 is 10.6 Å². The Balaban J connectivity index is 1.43. The van der Waals surface area contributed by atoms with Crippen molar-refractivity contribution in [2.75, 3.05) is 11.9 Å². The Kier molecular flexibility index (Phi) is 4.52. The van der Waals surface area contributed by atoms with Gasteiger partial charge < -0.3 is 10.3 Å². The minimum absolute atomic E-state index is 0.243. The van der Waals surface area contributed by atoms with E-state index in [9.17, 15) is 4.79 Å². The number of fused-ring (bicyclic) bond motifs is 1. The summed E-state index contributed by atoms with van der Waals surface area (Å²) in [6.45, 7) is 2.53. The first-order valence-corrected chi connectivity index (χ1v) is 7.62. The maximum Gasteiger partial charge on any atom is 0.320 e. The van der Waals surface area contributed by atoms with Gasteiger partial charge in [0.2, 0.25) is 0 Å². The summed E-state index contributed by atoms with van der Waals surface area (Å²) >= 11 is 0. The average molecular weight is 309 g/mol. The number of anilines is 1. The molecule has 6 heteroatoms. The Bertz CT molecular complexity index is 778. The zero-order valence-corrected chi connectivity index (χ0v) is 13.0. The van der Waals surface area contributed by atoms with Crippen molar-refractivity contribution < 1.29 is 4.79 Å². The van der Waals surface area contributed by atoms with Gasteiger partial charge in [-0.25, -0.2) is 14.8 Å². The van der Waals surface area contributed by atoms with Gasteiger partial charge in [0, 0.05) is 19.2 Å². The number of carbonyl (C=O) groups is 1. The molecule has 0 radical (unpaired) electrons. The lowest BCUT2D eigenvalue weighted by Gasteiger charge is -2.06. The van der Waals surface area contributed by atoms with Crippen molar-refractivity contribution in [3.05, 3.63) is 54.0 Å². The smallest absolute Gasteiger partial charge is 0.320 e. The highest BCUT2D eigenvalue weighted by Gasteiger charge is 2.04. The van der Waals surface area contributed by atoms with Crippen molar-refractivity contribution in [2.24, 2.45) is 0 Å². The average Bonchev–Trinajstić information content (AvgIpc) is 2.94. The van der Waals surface area contributed by atoms with Gasteiger partial charge in [0.05, 0.1) is 11.0 Å². The lowest BCUT2D eigenvalue weighted by Crippen LogP contribution is -2.30. The number of aromatic amines is 1. The second-order valence-electron chi connectivity index (χ2n) is 5.40. The quantitative estimate of drug-likeness (QED) is 0.634. The predicted octanol–water partition coefficient (Wildman–Crippen LogP) is 3.02. The Morgan fingerprint density at radius 1 is 1.26 bits per heavy atom. The molecule has 2 amide bonds. The molecule has 3 rings (SSSR count). The number of imidazole rings is 1. The Morgan fingerprint density at radius 3 is 2.96 bits per heavy atom. The standard InChI is InChI=1S/C17H19N5O/c1-12-8-10-18-16(11-12)22-17(23)19-9-4-7-15-20-13-5-2-3-6-14(13)21-15/h2-3,5-6,8,10-11H,4,7,9H2,1H3,(H,20,21)(H2,18,19,22,23). The summed E-state index contributed by atoms with van der Waals surface area (Å²) in [5.41, 5.74) is 3.07. The van der Waals surface area contributed by atoms with Crippen LogP contribution in [-0.2, 0) is 6.42 Å². The van der Waals surface area contributed by atoms with Crippen molar-refractivity contribution in [2.45, 2.75) is 19.8 Å². The van der Waals surface area contributed by atoms with Gasteiger partial charge in [0.15, 0.2) is 0 Å². The number of nitrogens with zero attached hydrogens (tertiary/aromatic N) is 2. The zero-order chi connectivity index (χ0) is 16.1. The van der Waals surface area contributed by atoms with Crippen LogP contribution in [0.25, 0.3) is 11.0 Å². The van der Waals surface area contributed by atoms with E-state index in [1.165, 1.54) is 0 Å². The summed E-state index contributed by atoms with van der Waals surface area (Å²) in [5.74, 6) is 1.49. The summed E-state index contributed by atoms with van der Waals surface area (Å²) in [5, 5.41) is 5.54. The van der Waals surface area contributed by atoms with Crippen LogP contribution in [0.1, 0.15) is 17.8 Å². The molecule has 118 valence electrons. The third-order valence-electron chi connectivity index (χ3n) is 3.47. The van der Waals surface area contributed by atoms with Crippen molar-refractivity contribution in [3.63, 3.8) is 0 Å². The summed E-state index contributed by atoms with van der Waals surface area (Å²) in [7, 11) is 0. The van der Waals surface area contributed by atoms with Gasteiger partial charge in [0.25, 0.3) is 0 Å². The first-order chi connectivity index (χ1) is 11.2. The second-order valence-corrected chi connectivity index (χ2v) is 5.40. The van der Waals surface area contributed by atoms with Crippen LogP contribution in [0.4, 0.5) is 10.6 Å². The molecule has 0 bridgehead atoms. The van der Waals surface area contributed by atoms with Crippen LogP contribution in [0.15, 0.2) is 42.6 Å². The monoisotopic (exact) mass is 309 g/mol. The molecule has 0 aliphatic carbocycles. The number of hydrogen-bond acceptors (Lipinski definition) is 3. The van der Waals surface area contributed by atoms with E-state index in [2.05, 4.69) is 25.6 Å². The normalized spacial score (nSPS) is 10.7. The molecular weight excluding hydrogens is 290 g/mol. The first-order valence-electron chi connectivity index (χ1n) is 7.62. The number of hydrogen-bond donors (Lipinski definition) is 3. The molecule has 0 saturated heterocycles. The number of urea groups is 1. The van der Waals surface area contributed by atoms with E-state index < -0.39 is 0 Å². The minimum atomic E-state index is -0.243. The molecule has 0 fully saturated rings. The van der Waals surface area contributed by atoms with Crippen molar-refractivity contribution in [1.82, 2.24) is 20.3 Å². The number of para-hydroxylation sites is 2. The van der Waals surface area contributed by atoms with Crippen molar-refractivity contribution in [1.29, 1.82) is 0 Å². The van der Waals surface area contributed by atoms with Gasteiger partial charge >= 0.3 is 6.03 Å². The van der Waals surface area contributed by atoms with E-state index in [4.69, 9.17) is 0 Å². The highest BCUT2D eigenvalue weighted by molar-refractivity contribution is 5.88. The Hall–Kier alpha value is -2.89. The molecule has 0 aliphatic heterocycles. The molecule has 0 unspecified atom stereocenters. The lowest BCUT2D eigenvalue weighted by atomic mass is 10.3. The molecule has 3 aromatic rings. The van der Waals surface area contributed by atoms with E-state index in [-0.39, 0.29) is 6.03 Å². The van der Waals surface area contributed by atoms with Gasteiger partial charge in [-0.3, -0.25) is 5.32 Å². The number of aromatic nitrogens is 3. The largest absolute Gasteiger partial charge is 0.342 e. The zero-order valence-electron chi connectivity index (χ0n) is 13.0. The SMILES string of the molecule is Cc1ccnc(NC(=O)NCCCc2nc3ccccc3[nH]2)c1. The van der Waals surface area contributed by atoms with Gasteiger partial charge in [0.1, 0.15) is 11.6 Å². The maximum atomic E-state index is 11.8. The number of H-pyrrole nitrogens is 1. The van der Waals surface area contributed by atoms with Gasteiger partial charge in [-0.2, -0.15) is 0 Å². The molecule has 0 aliphatic rings. The summed E-state index contributed by atoms with van der Waals surface area (Å²) in [4.78, 5) is 23.7. The van der Waals surface area contributed by atoms with Crippen LogP contribution >= 0.6 is 0 Å². The van der Waals surface area contributed by atoms with E-state index >= 15 is 0 Å². The van der Waals surface area contributed by atoms with E-state index in [0.29, 0.717) is 12.4 Å². The van der Waals surface area contributed by atoms with Crippen molar-refractivity contribution >= 4 is 22.9 Å². The molecule has 3 N–H and O–H groups in total. The number of pyridine rings is 1. The van der Waals surface area contributed by atoms with E-state index in [1.807, 2.05) is 43.3 Å². The topological polar surface area (TPSA) is 82.7 Å². The van der Waals surface area contributed by atoms with Crippen LogP contribution in [-0.4, -0.2) is 27.5 Å². The van der Waals surface area contributed by atoms with Gasteiger partial charge in [-0.1, -0.05) is 12.1 Å². The third-order valence-corrected chi connectivity index (χ3v) is 3.47. The molecule has 0 saturated carbocycles. The summed E-state index contributed by atoms with van der Waals surface area (Å²) in [6.07, 6.45) is 3.28. The van der Waals surface area contributed by atoms with Crippen LogP contribution in [0.5, 0.6) is 0 Å². The Morgan fingerprint density at radius 2 is 2.13 bits per heavy atom. The van der Waals surface area contributed by atoms with Crippen LogP contribution in [0, 0.1) is 6.92 Å². The highest BCUT2D eigenvalue weighted by atomic mass is 16.2. The fourth-order valence-electron chi connectivity index (χ4n) is 2.35. The minimum Gasteiger partial charge on any atom is -0.342 e. The molecule has 2 heterocycles. The number of aryl methyl sites for hydroxylation is 2. The third kappa shape index (κ3) is 4.06. The molecule has 0 spiro atoms. The fourth-order valence-corrected chi connectivity index (χ4v) is 2.35. The second kappa shape index (κ2) is 6.91. The number of nitrogens with one attached hydrogen (secondary N) is 3. The van der Waals surface area contributed by atoms with Gasteiger partial charge in [-0.05, 0) is 43.2 Å². The van der Waals surface area contributed by atoms with Crippen LogP contribution in [0.3, 0.4) is 0 Å². The fraction of sp³-hybridized carbons (Fsp3) is 0.235. The van der Waals surface area contributed by atoms with Gasteiger partial charge in [-0.15, -0.1) is 0 Å². The molecule has 6 nitrogen and oxygen atoms in total. The van der Waals surface area contributed by atoms with E-state index in [0.717, 1.165) is 35.3 Å². The molecule has 23 heavy (non-hydrogen) atoms. The van der Waals surface area contributed by atoms with Crippen molar-refractivity contribution in [3.8, 4) is 0 Å². The summed E-state index contributed by atoms with van der Waals surface area (Å²) < 4.78 is 0. The molecule has 2 aromatic heterocycles. The Labute approximate surface area is 134 Å². The molecule has 1 aromatic carbocycles. The first kappa shape index (κ1) is 15.0. The number of carbonyl (C=O) groups excluding carboxylic acids is 1. The number of amides is 2. The highest BCUT2D eigenvalue weighted by Crippen LogP contribution is 2.11. The number of rotatable bonds is 5. The summed E-state index contributed by atoms with van der Waals surface area (Å²) in [6, 6.07) is 11.4. The molecular formula is C17H19N5O. The van der Waals surface area contributed by atoms with Crippen LogP contribution in [0.2, 0.25) is 0 Å². The van der Waals surface area contributed by atoms with E-state index in [1.54, 1.807) is 6.20 Å². The predicted molar refractivity (Wildman–Crippen MR) is 90.4 cm³/mol. The maximum absolute atomic E-state index is 11.8. The number of benzene rings is 1. The lowest BCUT2D eigenvalue weighted by molar-refractivity contribution is 0.252.